The van der Waals surface area contributed by atoms with Gasteiger partial charge >= 0.3 is 12.0 Å². The van der Waals surface area contributed by atoms with Crippen molar-refractivity contribution in [3.05, 3.63) is 12.4 Å². The summed E-state index contributed by atoms with van der Waals surface area (Å²) >= 11 is 0. The van der Waals surface area contributed by atoms with Crippen molar-refractivity contribution in [3.63, 3.8) is 0 Å². The van der Waals surface area contributed by atoms with Crippen LogP contribution >= 0.6 is 0 Å². The molecule has 0 aromatic carbocycles. The minimum atomic E-state index is -1.02. The van der Waals surface area contributed by atoms with Crippen LogP contribution in [0.15, 0.2) is 6.33 Å². The van der Waals surface area contributed by atoms with Crippen LogP contribution in [0.1, 0.15) is 19.3 Å². The molecule has 1 aliphatic rings. The van der Waals surface area contributed by atoms with Crippen LogP contribution in [-0.2, 0) is 25.6 Å². The summed E-state index contributed by atoms with van der Waals surface area (Å²) in [4.78, 5) is 34.7. The number of hydrogen-bond donors (Lipinski definition) is 2. The van der Waals surface area contributed by atoms with E-state index in [2.05, 4.69) is 20.3 Å². The summed E-state index contributed by atoms with van der Waals surface area (Å²) < 4.78 is 25.4. The number of carbonyl (C=O) groups is 2. The zero-order valence-corrected chi connectivity index (χ0v) is 14.0. The van der Waals surface area contributed by atoms with Gasteiger partial charge in [0.2, 0.25) is 0 Å². The molecule has 2 aromatic heterocycles. The lowest BCUT2D eigenvalue weighted by atomic mass is 10.2. The number of nitrogens with zero attached hydrogens (tertiary/aromatic N) is 4. The molecular formula is C15H18FN5O5. The summed E-state index contributed by atoms with van der Waals surface area (Å²) in [6, 6.07) is 0. The smallest absolute Gasteiger partial charge is 0.312 e. The van der Waals surface area contributed by atoms with Crippen LogP contribution in [0.5, 0.6) is 0 Å². The molecule has 2 N–H and O–H groups in total. The van der Waals surface area contributed by atoms with E-state index in [1.54, 1.807) is 4.57 Å². The second-order valence-electron chi connectivity index (χ2n) is 5.79. The summed E-state index contributed by atoms with van der Waals surface area (Å²) in [5.74, 6) is -1.14. The number of methoxy groups -OCH3 is 1. The maximum atomic E-state index is 13.8. The molecule has 140 valence electrons. The molecule has 0 radical (unpaired) electrons. The van der Waals surface area contributed by atoms with Gasteiger partial charge in [0.25, 0.3) is 5.91 Å². The van der Waals surface area contributed by atoms with Gasteiger partial charge in [-0.2, -0.15) is 14.4 Å². The average molecular weight is 367 g/mol. The minimum absolute atomic E-state index is 0.0929. The molecule has 1 saturated heterocycles. The number of esters is 1. The number of ether oxygens (including phenoxy) is 2. The molecule has 2 atom stereocenters. The Labute approximate surface area is 147 Å². The molecule has 1 amide bonds. The number of nitrogens with one attached hydrogen (secondary N) is 1. The highest BCUT2D eigenvalue weighted by Crippen LogP contribution is 2.21. The van der Waals surface area contributed by atoms with Crippen LogP contribution in [0.4, 0.5) is 10.2 Å². The third-order valence-electron chi connectivity index (χ3n) is 4.08. The molecular weight excluding hydrogens is 349 g/mol. The number of aryl methyl sites for hydroxylation is 1. The lowest BCUT2D eigenvalue weighted by Gasteiger charge is -2.12. The second kappa shape index (κ2) is 7.70. The van der Waals surface area contributed by atoms with Crippen molar-refractivity contribution < 1.29 is 28.6 Å². The molecule has 1 aliphatic heterocycles. The molecule has 2 unspecified atom stereocenters. The molecule has 0 spiro atoms. The van der Waals surface area contributed by atoms with E-state index in [0.717, 1.165) is 0 Å². The van der Waals surface area contributed by atoms with Crippen molar-refractivity contribution in [2.75, 3.05) is 19.0 Å². The Morgan fingerprint density at radius 3 is 3.04 bits per heavy atom. The first-order valence-corrected chi connectivity index (χ1v) is 8.04. The van der Waals surface area contributed by atoms with Crippen LogP contribution in [0.25, 0.3) is 11.2 Å². The van der Waals surface area contributed by atoms with Crippen molar-refractivity contribution in [1.29, 1.82) is 0 Å². The van der Waals surface area contributed by atoms with E-state index in [1.165, 1.54) is 13.4 Å². The summed E-state index contributed by atoms with van der Waals surface area (Å²) in [5.41, 5.74) is 0.408. The Bertz CT molecular complexity index is 822. The highest BCUT2D eigenvalue weighted by Gasteiger charge is 2.30. The van der Waals surface area contributed by atoms with E-state index in [9.17, 15) is 14.0 Å². The Balaban J connectivity index is 1.80. The Morgan fingerprint density at radius 1 is 1.58 bits per heavy atom. The topological polar surface area (TPSA) is 128 Å². The normalized spacial score (nSPS) is 18.1. The molecule has 3 rings (SSSR count). The van der Waals surface area contributed by atoms with Crippen molar-refractivity contribution in [1.82, 2.24) is 19.5 Å². The number of cyclic esters (lactones) is 1. The van der Waals surface area contributed by atoms with Gasteiger partial charge in [0, 0.05) is 26.5 Å². The predicted octanol–water partition coefficient (Wildman–Crippen LogP) is 0.00690. The Morgan fingerprint density at radius 2 is 2.38 bits per heavy atom. The number of fused-ring (bicyclic) bond motifs is 1. The highest BCUT2D eigenvalue weighted by molar-refractivity contribution is 6.00. The number of aliphatic hydroxyl groups excluding tert-OH is 1. The average Bonchev–Trinajstić information content (AvgIpc) is 3.22. The minimum Gasteiger partial charge on any atom is -0.452 e. The van der Waals surface area contributed by atoms with Crippen molar-refractivity contribution in [3.8, 4) is 0 Å². The standard InChI is InChI=1S/C15H18FN5O5/c1-25-8(6-22)4-5-21-7-17-11-12(19-15(16)20-13(11)21)18-14(24)9-2-3-10(23)26-9/h7-9,22H,2-6H2,1H3,(H,18,19,20,24). The zero-order chi connectivity index (χ0) is 18.7. The number of halogens is 1. The molecule has 0 bridgehead atoms. The first kappa shape index (κ1) is 18.1. The van der Waals surface area contributed by atoms with E-state index < -0.39 is 24.1 Å². The van der Waals surface area contributed by atoms with Gasteiger partial charge in [-0.25, -0.2) is 4.98 Å². The quantitative estimate of drug-likeness (QED) is 0.517. The first-order valence-electron chi connectivity index (χ1n) is 8.04. The maximum Gasteiger partial charge on any atom is 0.312 e. The number of anilines is 1. The fourth-order valence-electron chi connectivity index (χ4n) is 2.64. The Hall–Kier alpha value is -2.66. The summed E-state index contributed by atoms with van der Waals surface area (Å²) in [5, 5.41) is 11.6. The zero-order valence-electron chi connectivity index (χ0n) is 14.0. The number of aliphatic hydroxyl groups is 1. The van der Waals surface area contributed by atoms with E-state index in [1.807, 2.05) is 0 Å². The highest BCUT2D eigenvalue weighted by atomic mass is 19.1. The molecule has 0 saturated carbocycles. The lowest BCUT2D eigenvalue weighted by molar-refractivity contribution is -0.146. The monoisotopic (exact) mass is 367 g/mol. The van der Waals surface area contributed by atoms with Crippen LogP contribution in [0.3, 0.4) is 0 Å². The van der Waals surface area contributed by atoms with Gasteiger partial charge in [0.05, 0.1) is 19.0 Å². The van der Waals surface area contributed by atoms with Gasteiger partial charge in [-0.15, -0.1) is 0 Å². The van der Waals surface area contributed by atoms with E-state index in [0.29, 0.717) is 13.0 Å². The van der Waals surface area contributed by atoms with Gasteiger partial charge < -0.3 is 24.5 Å². The van der Waals surface area contributed by atoms with Crippen molar-refractivity contribution >= 4 is 28.9 Å². The summed E-state index contributed by atoms with van der Waals surface area (Å²) in [6.07, 6.45) is 0.00230. The molecule has 1 fully saturated rings. The van der Waals surface area contributed by atoms with Crippen LogP contribution in [0.2, 0.25) is 0 Å². The molecule has 2 aromatic rings. The van der Waals surface area contributed by atoms with E-state index in [-0.39, 0.29) is 42.5 Å². The SMILES string of the molecule is COC(CO)CCn1cnc2c(NC(=O)C3CCC(=O)O3)nc(F)nc21. The van der Waals surface area contributed by atoms with Gasteiger partial charge in [0.15, 0.2) is 23.1 Å². The molecule has 11 heteroatoms. The molecule has 26 heavy (non-hydrogen) atoms. The van der Waals surface area contributed by atoms with E-state index >= 15 is 0 Å². The van der Waals surface area contributed by atoms with E-state index in [4.69, 9.17) is 14.6 Å². The number of amides is 1. The van der Waals surface area contributed by atoms with Crippen molar-refractivity contribution in [2.24, 2.45) is 0 Å². The van der Waals surface area contributed by atoms with Gasteiger partial charge in [-0.1, -0.05) is 0 Å². The first-order chi connectivity index (χ1) is 12.5. The van der Waals surface area contributed by atoms with Crippen LogP contribution in [0, 0.1) is 6.08 Å². The van der Waals surface area contributed by atoms with Gasteiger partial charge in [-0.3, -0.25) is 9.59 Å². The van der Waals surface area contributed by atoms with Crippen LogP contribution in [-0.4, -0.2) is 62.4 Å². The third-order valence-corrected chi connectivity index (χ3v) is 4.08. The largest absolute Gasteiger partial charge is 0.452 e. The summed E-state index contributed by atoms with van der Waals surface area (Å²) in [6.45, 7) is 0.230. The lowest BCUT2D eigenvalue weighted by Crippen LogP contribution is -2.28. The van der Waals surface area contributed by atoms with Crippen molar-refractivity contribution in [2.45, 2.75) is 38.0 Å². The molecule has 10 nitrogen and oxygen atoms in total. The number of hydrogen-bond acceptors (Lipinski definition) is 8. The van der Waals surface area contributed by atoms with Crippen LogP contribution < -0.4 is 5.32 Å². The number of rotatable bonds is 7. The molecule has 3 heterocycles. The molecule has 0 aliphatic carbocycles. The Kier molecular flexibility index (Phi) is 5.38. The van der Waals surface area contributed by atoms with Gasteiger partial charge in [0.1, 0.15) is 0 Å². The number of aromatic nitrogens is 4. The fourth-order valence-corrected chi connectivity index (χ4v) is 2.64. The predicted molar refractivity (Wildman–Crippen MR) is 85.5 cm³/mol. The maximum absolute atomic E-state index is 13.8. The number of carbonyl (C=O) groups excluding carboxylic acids is 2. The second-order valence-corrected chi connectivity index (χ2v) is 5.79. The third kappa shape index (κ3) is 3.78. The fraction of sp³-hybridized carbons (Fsp3) is 0.533. The van der Waals surface area contributed by atoms with Gasteiger partial charge in [-0.05, 0) is 6.42 Å². The summed E-state index contributed by atoms with van der Waals surface area (Å²) in [7, 11) is 1.48. The number of imidazole rings is 1.